The molecular formula is C20H17BrN2O3S. The van der Waals surface area contributed by atoms with Crippen LogP contribution in [0.1, 0.15) is 15.9 Å². The zero-order chi connectivity index (χ0) is 19.3. The zero-order valence-electron chi connectivity index (χ0n) is 14.2. The van der Waals surface area contributed by atoms with Crippen LogP contribution in [0, 0.1) is 0 Å². The molecule has 7 heteroatoms. The van der Waals surface area contributed by atoms with Crippen molar-refractivity contribution in [1.82, 2.24) is 4.72 Å². The number of sulfonamides is 1. The van der Waals surface area contributed by atoms with Crippen LogP contribution in [0.25, 0.3) is 0 Å². The van der Waals surface area contributed by atoms with Gasteiger partial charge in [-0.3, -0.25) is 4.79 Å². The summed E-state index contributed by atoms with van der Waals surface area (Å²) in [6.45, 7) is 0.163. The number of hydrogen-bond acceptors (Lipinski definition) is 3. The first-order valence-corrected chi connectivity index (χ1v) is 10.4. The van der Waals surface area contributed by atoms with Crippen LogP contribution in [0.2, 0.25) is 0 Å². The minimum atomic E-state index is -3.79. The first-order chi connectivity index (χ1) is 13.0. The van der Waals surface area contributed by atoms with Gasteiger partial charge in [-0.05, 0) is 51.8 Å². The first kappa shape index (κ1) is 19.3. The summed E-state index contributed by atoms with van der Waals surface area (Å²) in [5.74, 6) is -0.381. The van der Waals surface area contributed by atoms with Gasteiger partial charge in [0.25, 0.3) is 5.91 Å². The number of hydrogen-bond donors (Lipinski definition) is 2. The van der Waals surface area contributed by atoms with Gasteiger partial charge in [-0.15, -0.1) is 0 Å². The molecule has 0 spiro atoms. The minimum Gasteiger partial charge on any atom is -0.322 e. The second kappa shape index (κ2) is 8.47. The third kappa shape index (κ3) is 5.03. The van der Waals surface area contributed by atoms with Crippen LogP contribution >= 0.6 is 15.9 Å². The van der Waals surface area contributed by atoms with Gasteiger partial charge in [0.15, 0.2) is 0 Å². The number of nitrogens with one attached hydrogen (secondary N) is 2. The number of carbonyl (C=O) groups is 1. The van der Waals surface area contributed by atoms with E-state index in [0.29, 0.717) is 10.2 Å². The number of halogens is 1. The van der Waals surface area contributed by atoms with E-state index in [4.69, 9.17) is 0 Å². The summed E-state index contributed by atoms with van der Waals surface area (Å²) in [4.78, 5) is 12.5. The molecule has 3 aromatic carbocycles. The Balaban J connectivity index is 1.80. The second-order valence-electron chi connectivity index (χ2n) is 5.78. The largest absolute Gasteiger partial charge is 0.322 e. The number of amides is 1. The highest BCUT2D eigenvalue weighted by Gasteiger charge is 2.20. The number of rotatable bonds is 6. The Bertz CT molecular complexity index is 1040. The maximum Gasteiger partial charge on any atom is 0.255 e. The summed E-state index contributed by atoms with van der Waals surface area (Å²) in [6, 6.07) is 22.7. The Hall–Kier alpha value is -2.48. The molecule has 0 fully saturated rings. The Kier molecular flexibility index (Phi) is 6.05. The van der Waals surface area contributed by atoms with Gasteiger partial charge in [0.2, 0.25) is 10.0 Å². The smallest absolute Gasteiger partial charge is 0.255 e. The molecule has 0 aromatic heterocycles. The van der Waals surface area contributed by atoms with Crippen molar-refractivity contribution in [1.29, 1.82) is 0 Å². The summed E-state index contributed by atoms with van der Waals surface area (Å²) in [6.07, 6.45) is 0. The van der Waals surface area contributed by atoms with Crippen molar-refractivity contribution in [2.45, 2.75) is 11.4 Å². The standard InChI is InChI=1S/C20H17BrN2O3S/c21-18-12-11-16(20(24)23-17-9-5-2-6-10-17)13-19(18)27(25,26)22-14-15-7-3-1-4-8-15/h1-13,22H,14H2,(H,23,24). The van der Waals surface area contributed by atoms with Crippen molar-refractivity contribution in [2.75, 3.05) is 5.32 Å². The Morgan fingerprint density at radius 2 is 1.52 bits per heavy atom. The third-order valence-corrected chi connectivity index (χ3v) is 6.22. The molecule has 0 saturated heterocycles. The lowest BCUT2D eigenvalue weighted by atomic mass is 10.2. The molecule has 0 radical (unpaired) electrons. The van der Waals surface area contributed by atoms with Crippen molar-refractivity contribution < 1.29 is 13.2 Å². The maximum atomic E-state index is 12.7. The highest BCUT2D eigenvalue weighted by atomic mass is 79.9. The molecule has 138 valence electrons. The van der Waals surface area contributed by atoms with Crippen LogP contribution in [0.5, 0.6) is 0 Å². The maximum absolute atomic E-state index is 12.7. The van der Waals surface area contributed by atoms with Gasteiger partial charge in [-0.2, -0.15) is 0 Å². The molecule has 0 atom stereocenters. The summed E-state index contributed by atoms with van der Waals surface area (Å²) in [5, 5.41) is 2.74. The van der Waals surface area contributed by atoms with E-state index in [2.05, 4.69) is 26.0 Å². The first-order valence-electron chi connectivity index (χ1n) is 8.15. The molecule has 27 heavy (non-hydrogen) atoms. The van der Waals surface area contributed by atoms with E-state index in [1.54, 1.807) is 36.4 Å². The Morgan fingerprint density at radius 1 is 0.889 bits per heavy atom. The average Bonchev–Trinajstić information content (AvgIpc) is 2.68. The van der Waals surface area contributed by atoms with E-state index >= 15 is 0 Å². The van der Waals surface area contributed by atoms with Crippen molar-refractivity contribution in [2.24, 2.45) is 0 Å². The van der Waals surface area contributed by atoms with E-state index in [9.17, 15) is 13.2 Å². The fourth-order valence-corrected chi connectivity index (χ4v) is 4.43. The monoisotopic (exact) mass is 444 g/mol. The van der Waals surface area contributed by atoms with Crippen LogP contribution in [0.4, 0.5) is 5.69 Å². The Labute approximate surface area is 166 Å². The molecule has 0 unspecified atom stereocenters. The van der Waals surface area contributed by atoms with E-state index in [1.807, 2.05) is 36.4 Å². The van der Waals surface area contributed by atoms with Crippen LogP contribution < -0.4 is 10.0 Å². The SMILES string of the molecule is O=C(Nc1ccccc1)c1ccc(Br)c(S(=O)(=O)NCc2ccccc2)c1. The van der Waals surface area contributed by atoms with E-state index < -0.39 is 10.0 Å². The molecule has 0 aliphatic rings. The van der Waals surface area contributed by atoms with Gasteiger partial charge in [-0.25, -0.2) is 13.1 Å². The topological polar surface area (TPSA) is 75.3 Å². The molecule has 0 saturated carbocycles. The van der Waals surface area contributed by atoms with Crippen LogP contribution in [0.15, 0.2) is 88.2 Å². The molecule has 1 amide bonds. The lowest BCUT2D eigenvalue weighted by molar-refractivity contribution is 0.102. The van der Waals surface area contributed by atoms with Crippen LogP contribution in [-0.2, 0) is 16.6 Å². The van der Waals surface area contributed by atoms with Crippen LogP contribution in [-0.4, -0.2) is 14.3 Å². The summed E-state index contributed by atoms with van der Waals surface area (Å²) >= 11 is 3.26. The molecule has 5 nitrogen and oxygen atoms in total. The predicted octanol–water partition coefficient (Wildman–Crippen LogP) is 4.18. The minimum absolute atomic E-state index is 0.0131. The number of benzene rings is 3. The molecule has 0 aliphatic carbocycles. The van der Waals surface area contributed by atoms with Gasteiger partial charge in [0.05, 0.1) is 4.90 Å². The van der Waals surface area contributed by atoms with Gasteiger partial charge < -0.3 is 5.32 Å². The highest BCUT2D eigenvalue weighted by molar-refractivity contribution is 9.10. The van der Waals surface area contributed by atoms with Crippen molar-refractivity contribution in [3.8, 4) is 0 Å². The average molecular weight is 445 g/mol. The van der Waals surface area contributed by atoms with Crippen molar-refractivity contribution in [3.05, 3.63) is 94.5 Å². The molecule has 0 heterocycles. The van der Waals surface area contributed by atoms with Gasteiger partial charge in [0.1, 0.15) is 0 Å². The van der Waals surface area contributed by atoms with Gasteiger partial charge >= 0.3 is 0 Å². The lowest BCUT2D eigenvalue weighted by Crippen LogP contribution is -2.24. The summed E-state index contributed by atoms with van der Waals surface area (Å²) < 4.78 is 28.3. The quantitative estimate of drug-likeness (QED) is 0.598. The van der Waals surface area contributed by atoms with E-state index in [1.165, 1.54) is 6.07 Å². The summed E-state index contributed by atoms with van der Waals surface area (Å²) in [5.41, 5.74) is 1.73. The van der Waals surface area contributed by atoms with E-state index in [-0.39, 0.29) is 22.9 Å². The van der Waals surface area contributed by atoms with Crippen LogP contribution in [0.3, 0.4) is 0 Å². The zero-order valence-corrected chi connectivity index (χ0v) is 16.6. The fourth-order valence-electron chi connectivity index (χ4n) is 2.43. The second-order valence-corrected chi connectivity index (χ2v) is 8.37. The molecule has 3 aromatic rings. The van der Waals surface area contributed by atoms with Crippen molar-refractivity contribution in [3.63, 3.8) is 0 Å². The molecule has 2 N–H and O–H groups in total. The molecule has 0 bridgehead atoms. The Morgan fingerprint density at radius 3 is 2.19 bits per heavy atom. The number of carbonyl (C=O) groups excluding carboxylic acids is 1. The lowest BCUT2D eigenvalue weighted by Gasteiger charge is -2.11. The van der Waals surface area contributed by atoms with Gasteiger partial charge in [0, 0.05) is 22.3 Å². The third-order valence-electron chi connectivity index (χ3n) is 3.82. The fraction of sp³-hybridized carbons (Fsp3) is 0.0500. The molecule has 3 rings (SSSR count). The highest BCUT2D eigenvalue weighted by Crippen LogP contribution is 2.24. The number of anilines is 1. The predicted molar refractivity (Wildman–Crippen MR) is 109 cm³/mol. The number of para-hydroxylation sites is 1. The molecular weight excluding hydrogens is 428 g/mol. The van der Waals surface area contributed by atoms with Gasteiger partial charge in [-0.1, -0.05) is 48.5 Å². The normalized spacial score (nSPS) is 11.1. The molecule has 0 aliphatic heterocycles. The van der Waals surface area contributed by atoms with Crippen molar-refractivity contribution >= 4 is 37.5 Å². The summed E-state index contributed by atoms with van der Waals surface area (Å²) in [7, 11) is -3.79. The van der Waals surface area contributed by atoms with E-state index in [0.717, 1.165) is 5.56 Å².